The highest BCUT2D eigenvalue weighted by Crippen LogP contribution is 2.37. The van der Waals surface area contributed by atoms with E-state index < -0.39 is 11.7 Å². The molecular formula is C11H13F3N2. The van der Waals surface area contributed by atoms with E-state index in [4.69, 9.17) is 5.73 Å². The molecule has 5 heteroatoms. The minimum absolute atomic E-state index is 0.218. The molecule has 0 aromatic heterocycles. The van der Waals surface area contributed by atoms with Crippen molar-refractivity contribution >= 4 is 11.4 Å². The third-order valence-electron chi connectivity index (χ3n) is 2.99. The van der Waals surface area contributed by atoms with Crippen LogP contribution in [0, 0.1) is 0 Å². The quantitative estimate of drug-likeness (QED) is 0.751. The molecule has 0 bridgehead atoms. The van der Waals surface area contributed by atoms with Gasteiger partial charge in [-0.3, -0.25) is 0 Å². The Hall–Kier alpha value is -1.39. The normalized spacial score (nSPS) is 20.8. The Morgan fingerprint density at radius 2 is 2.06 bits per heavy atom. The van der Waals surface area contributed by atoms with Crippen LogP contribution >= 0.6 is 0 Å². The van der Waals surface area contributed by atoms with Crippen molar-refractivity contribution in [2.45, 2.75) is 25.6 Å². The number of alkyl halides is 3. The van der Waals surface area contributed by atoms with Crippen molar-refractivity contribution in [2.75, 3.05) is 17.2 Å². The monoisotopic (exact) mass is 230 g/mol. The molecule has 16 heavy (non-hydrogen) atoms. The maximum absolute atomic E-state index is 12.6. The molecule has 2 rings (SSSR count). The minimum atomic E-state index is -4.38. The number of nitrogen functional groups attached to an aromatic ring is 1. The molecule has 0 spiro atoms. The zero-order chi connectivity index (χ0) is 11.9. The largest absolute Gasteiger partial charge is 0.418 e. The molecule has 0 amide bonds. The van der Waals surface area contributed by atoms with Crippen LogP contribution in [0.3, 0.4) is 0 Å². The molecule has 88 valence electrons. The summed E-state index contributed by atoms with van der Waals surface area (Å²) >= 11 is 0. The number of rotatable bonds is 1. The summed E-state index contributed by atoms with van der Waals surface area (Å²) in [7, 11) is 0. The molecule has 1 aromatic carbocycles. The van der Waals surface area contributed by atoms with Crippen LogP contribution in [0.25, 0.3) is 0 Å². The summed E-state index contributed by atoms with van der Waals surface area (Å²) in [5, 5.41) is 0. The first-order valence-electron chi connectivity index (χ1n) is 5.13. The average molecular weight is 230 g/mol. The minimum Gasteiger partial charge on any atom is -0.398 e. The number of nitrogens with zero attached hydrogens (tertiary/aromatic N) is 1. The van der Waals surface area contributed by atoms with Gasteiger partial charge >= 0.3 is 6.18 Å². The molecule has 1 aliphatic rings. The molecular weight excluding hydrogens is 217 g/mol. The van der Waals surface area contributed by atoms with Gasteiger partial charge in [-0.25, -0.2) is 0 Å². The molecule has 1 atom stereocenters. The molecule has 1 fully saturated rings. The van der Waals surface area contributed by atoms with E-state index in [1.54, 1.807) is 6.07 Å². The second kappa shape index (κ2) is 3.57. The van der Waals surface area contributed by atoms with Gasteiger partial charge in [-0.1, -0.05) is 0 Å². The summed E-state index contributed by atoms with van der Waals surface area (Å²) in [6.45, 7) is 2.80. The van der Waals surface area contributed by atoms with Gasteiger partial charge in [-0.2, -0.15) is 13.2 Å². The fourth-order valence-corrected chi connectivity index (χ4v) is 1.87. The topological polar surface area (TPSA) is 29.3 Å². The van der Waals surface area contributed by atoms with Crippen molar-refractivity contribution < 1.29 is 13.2 Å². The Morgan fingerprint density at radius 3 is 2.50 bits per heavy atom. The summed E-state index contributed by atoms with van der Waals surface area (Å²) < 4.78 is 37.8. The van der Waals surface area contributed by atoms with E-state index in [-0.39, 0.29) is 5.69 Å². The lowest BCUT2D eigenvalue weighted by Crippen LogP contribution is -2.45. The number of nitrogens with two attached hydrogens (primary N) is 1. The fraction of sp³-hybridized carbons (Fsp3) is 0.455. The van der Waals surface area contributed by atoms with Gasteiger partial charge in [-0.15, -0.1) is 0 Å². The Kier molecular flexibility index (Phi) is 2.48. The summed E-state index contributed by atoms with van der Waals surface area (Å²) in [6, 6.07) is 4.40. The third-order valence-corrected chi connectivity index (χ3v) is 2.99. The average Bonchev–Trinajstić information content (AvgIpc) is 2.17. The summed E-state index contributed by atoms with van der Waals surface area (Å²) in [6.07, 6.45) is -3.36. The maximum atomic E-state index is 12.6. The van der Waals surface area contributed by atoms with Crippen molar-refractivity contribution in [1.82, 2.24) is 0 Å². The van der Waals surface area contributed by atoms with Gasteiger partial charge < -0.3 is 10.6 Å². The van der Waals surface area contributed by atoms with E-state index in [0.29, 0.717) is 11.7 Å². The highest BCUT2D eigenvalue weighted by atomic mass is 19.4. The molecule has 1 unspecified atom stereocenters. The van der Waals surface area contributed by atoms with Gasteiger partial charge in [0.1, 0.15) is 0 Å². The van der Waals surface area contributed by atoms with Crippen LogP contribution < -0.4 is 10.6 Å². The summed E-state index contributed by atoms with van der Waals surface area (Å²) in [4.78, 5) is 1.94. The Morgan fingerprint density at radius 1 is 1.38 bits per heavy atom. The third kappa shape index (κ3) is 1.81. The summed E-state index contributed by atoms with van der Waals surface area (Å²) in [5.41, 5.74) is 4.96. The van der Waals surface area contributed by atoms with Crippen LogP contribution in [0.4, 0.5) is 24.5 Å². The van der Waals surface area contributed by atoms with Gasteiger partial charge in [0.2, 0.25) is 0 Å². The van der Waals surface area contributed by atoms with Crippen LogP contribution in [-0.4, -0.2) is 12.6 Å². The molecule has 1 heterocycles. The standard InChI is InChI=1S/C11H13F3N2/c1-7-4-5-16(7)8-2-3-10(15)9(6-8)11(12,13)14/h2-3,6-7H,4-5,15H2,1H3. The number of halogens is 3. The highest BCUT2D eigenvalue weighted by molar-refractivity contribution is 5.60. The Balaban J connectivity index is 2.36. The van der Waals surface area contributed by atoms with Gasteiger partial charge in [0.25, 0.3) is 0 Å². The number of hydrogen-bond donors (Lipinski definition) is 1. The van der Waals surface area contributed by atoms with Crippen LogP contribution in [0.5, 0.6) is 0 Å². The van der Waals surface area contributed by atoms with Crippen molar-refractivity contribution in [1.29, 1.82) is 0 Å². The SMILES string of the molecule is CC1CCN1c1ccc(N)c(C(F)(F)F)c1. The zero-order valence-electron chi connectivity index (χ0n) is 8.88. The highest BCUT2D eigenvalue weighted by Gasteiger charge is 2.34. The van der Waals surface area contributed by atoms with Crippen molar-refractivity contribution in [3.05, 3.63) is 23.8 Å². The van der Waals surface area contributed by atoms with E-state index in [9.17, 15) is 13.2 Å². The first kappa shape index (κ1) is 11.1. The number of hydrogen-bond acceptors (Lipinski definition) is 2. The Bertz CT molecular complexity index is 401. The van der Waals surface area contributed by atoms with Crippen molar-refractivity contribution in [3.8, 4) is 0 Å². The molecule has 1 aliphatic heterocycles. The van der Waals surface area contributed by atoms with Crippen LogP contribution in [0.2, 0.25) is 0 Å². The van der Waals surface area contributed by atoms with Crippen LogP contribution in [0.1, 0.15) is 18.9 Å². The molecule has 1 aromatic rings. The lowest BCUT2D eigenvalue weighted by Gasteiger charge is -2.41. The first-order valence-corrected chi connectivity index (χ1v) is 5.13. The molecule has 0 radical (unpaired) electrons. The smallest absolute Gasteiger partial charge is 0.398 e. The van der Waals surface area contributed by atoms with E-state index in [1.165, 1.54) is 6.07 Å². The second-order valence-electron chi connectivity index (χ2n) is 4.10. The predicted octanol–water partition coefficient (Wildman–Crippen LogP) is 2.89. The van der Waals surface area contributed by atoms with E-state index in [0.717, 1.165) is 19.0 Å². The summed E-state index contributed by atoms with van der Waals surface area (Å²) in [5.74, 6) is 0. The van der Waals surface area contributed by atoms with Gasteiger partial charge in [0.05, 0.1) is 5.56 Å². The second-order valence-corrected chi connectivity index (χ2v) is 4.10. The van der Waals surface area contributed by atoms with Gasteiger partial charge in [0, 0.05) is 24.0 Å². The number of benzene rings is 1. The zero-order valence-corrected chi connectivity index (χ0v) is 8.88. The number of anilines is 2. The lowest BCUT2D eigenvalue weighted by atomic mass is 10.0. The van der Waals surface area contributed by atoms with Crippen molar-refractivity contribution in [2.24, 2.45) is 0 Å². The molecule has 0 aliphatic carbocycles. The van der Waals surface area contributed by atoms with E-state index in [1.807, 2.05) is 11.8 Å². The predicted molar refractivity (Wildman–Crippen MR) is 57.3 cm³/mol. The van der Waals surface area contributed by atoms with E-state index in [2.05, 4.69) is 0 Å². The molecule has 1 saturated heterocycles. The van der Waals surface area contributed by atoms with Gasteiger partial charge in [-0.05, 0) is 31.5 Å². The maximum Gasteiger partial charge on any atom is 0.418 e. The molecule has 2 N–H and O–H groups in total. The van der Waals surface area contributed by atoms with Gasteiger partial charge in [0.15, 0.2) is 0 Å². The molecule has 0 saturated carbocycles. The Labute approximate surface area is 91.8 Å². The van der Waals surface area contributed by atoms with Crippen LogP contribution in [0.15, 0.2) is 18.2 Å². The first-order chi connectivity index (χ1) is 7.39. The fourth-order valence-electron chi connectivity index (χ4n) is 1.87. The van der Waals surface area contributed by atoms with Crippen LogP contribution in [-0.2, 0) is 6.18 Å². The lowest BCUT2D eigenvalue weighted by molar-refractivity contribution is -0.136. The molecule has 2 nitrogen and oxygen atoms in total. The van der Waals surface area contributed by atoms with E-state index >= 15 is 0 Å². The van der Waals surface area contributed by atoms with Crippen molar-refractivity contribution in [3.63, 3.8) is 0 Å².